The van der Waals surface area contributed by atoms with Gasteiger partial charge >= 0.3 is 6.18 Å². The molecule has 3 aromatic rings. The number of amides is 1. The summed E-state index contributed by atoms with van der Waals surface area (Å²) in [4.78, 5) is 24.6. The van der Waals surface area contributed by atoms with E-state index in [1.165, 1.54) is 31.2 Å². The standard InChI is InChI=1S/C20H16F4N4O2/c1-11(12-8-13(20(22,23)24)10-14(25)9-12)26-19(30)16-6-7-18(29)28(27-16)17-5-3-2-4-15(17)21/h2-11H,25H2,1H3,(H,26,30). The molecule has 1 aromatic heterocycles. The van der Waals surface area contributed by atoms with Gasteiger partial charge in [-0.1, -0.05) is 12.1 Å². The highest BCUT2D eigenvalue weighted by Gasteiger charge is 2.31. The van der Waals surface area contributed by atoms with Gasteiger partial charge in [-0.3, -0.25) is 9.59 Å². The van der Waals surface area contributed by atoms with Crippen LogP contribution in [0, 0.1) is 5.82 Å². The van der Waals surface area contributed by atoms with Gasteiger partial charge in [-0.15, -0.1) is 0 Å². The maximum atomic E-state index is 14.0. The molecule has 0 aliphatic heterocycles. The lowest BCUT2D eigenvalue weighted by atomic mass is 10.0. The van der Waals surface area contributed by atoms with Crippen molar-refractivity contribution in [1.29, 1.82) is 0 Å². The third kappa shape index (κ3) is 4.48. The number of nitrogens with one attached hydrogen (secondary N) is 1. The van der Waals surface area contributed by atoms with E-state index < -0.39 is 35.1 Å². The number of aromatic nitrogens is 2. The van der Waals surface area contributed by atoms with Gasteiger partial charge in [0.25, 0.3) is 11.5 Å². The van der Waals surface area contributed by atoms with Crippen molar-refractivity contribution in [3.8, 4) is 5.69 Å². The first kappa shape index (κ1) is 21.0. The van der Waals surface area contributed by atoms with Crippen LogP contribution in [0.3, 0.4) is 0 Å². The number of nitrogen functional groups attached to an aromatic ring is 1. The zero-order chi connectivity index (χ0) is 22.1. The zero-order valence-corrected chi connectivity index (χ0v) is 15.6. The molecule has 0 aliphatic rings. The summed E-state index contributed by atoms with van der Waals surface area (Å²) in [7, 11) is 0. The number of alkyl halides is 3. The van der Waals surface area contributed by atoms with Crippen LogP contribution >= 0.6 is 0 Å². The van der Waals surface area contributed by atoms with Crippen molar-refractivity contribution < 1.29 is 22.4 Å². The Morgan fingerprint density at radius 3 is 2.50 bits per heavy atom. The van der Waals surface area contributed by atoms with Crippen LogP contribution < -0.4 is 16.6 Å². The SMILES string of the molecule is CC(NC(=O)c1ccc(=O)n(-c2ccccc2F)n1)c1cc(N)cc(C(F)(F)F)c1. The molecule has 1 atom stereocenters. The fourth-order valence-electron chi connectivity index (χ4n) is 2.77. The summed E-state index contributed by atoms with van der Waals surface area (Å²) in [5.41, 5.74) is 3.63. The first-order valence-corrected chi connectivity index (χ1v) is 8.70. The Morgan fingerprint density at radius 2 is 1.83 bits per heavy atom. The van der Waals surface area contributed by atoms with E-state index in [-0.39, 0.29) is 22.6 Å². The topological polar surface area (TPSA) is 90.0 Å². The van der Waals surface area contributed by atoms with Crippen molar-refractivity contribution in [1.82, 2.24) is 15.1 Å². The second kappa shape index (κ2) is 7.97. The van der Waals surface area contributed by atoms with Crippen LogP contribution in [-0.4, -0.2) is 15.7 Å². The minimum atomic E-state index is -4.59. The van der Waals surface area contributed by atoms with Gasteiger partial charge in [0.15, 0.2) is 0 Å². The van der Waals surface area contributed by atoms with Crippen LogP contribution in [0.5, 0.6) is 0 Å². The number of benzene rings is 2. The Kier molecular flexibility index (Phi) is 5.59. The molecule has 1 heterocycles. The second-order valence-corrected chi connectivity index (χ2v) is 6.50. The smallest absolute Gasteiger partial charge is 0.399 e. The van der Waals surface area contributed by atoms with Crippen molar-refractivity contribution in [3.63, 3.8) is 0 Å². The molecule has 0 saturated carbocycles. The van der Waals surface area contributed by atoms with Gasteiger partial charge in [0.1, 0.15) is 17.2 Å². The summed E-state index contributed by atoms with van der Waals surface area (Å²) in [6, 6.07) is 9.71. The van der Waals surface area contributed by atoms with E-state index in [1.807, 2.05) is 0 Å². The molecular formula is C20H16F4N4O2. The fraction of sp³-hybridized carbons (Fsp3) is 0.150. The number of halogens is 4. The van der Waals surface area contributed by atoms with Crippen LogP contribution in [0.4, 0.5) is 23.2 Å². The molecule has 0 aliphatic carbocycles. The average molecular weight is 420 g/mol. The van der Waals surface area contributed by atoms with E-state index in [4.69, 9.17) is 5.73 Å². The number of carbonyl (C=O) groups is 1. The Bertz CT molecular complexity index is 1160. The molecule has 1 unspecified atom stereocenters. The monoisotopic (exact) mass is 420 g/mol. The van der Waals surface area contributed by atoms with Crippen molar-refractivity contribution >= 4 is 11.6 Å². The van der Waals surface area contributed by atoms with Crippen molar-refractivity contribution in [2.24, 2.45) is 0 Å². The summed E-state index contributed by atoms with van der Waals surface area (Å²) in [5, 5.41) is 6.37. The summed E-state index contributed by atoms with van der Waals surface area (Å²) in [5.74, 6) is -1.47. The number of hydrogen-bond acceptors (Lipinski definition) is 4. The van der Waals surface area contributed by atoms with Gasteiger partial charge < -0.3 is 11.1 Å². The van der Waals surface area contributed by atoms with Crippen LogP contribution in [0.2, 0.25) is 0 Å². The number of nitrogens with two attached hydrogens (primary N) is 1. The van der Waals surface area contributed by atoms with E-state index in [2.05, 4.69) is 10.4 Å². The molecule has 156 valence electrons. The summed E-state index contributed by atoms with van der Waals surface area (Å²) in [6.07, 6.45) is -4.59. The minimum Gasteiger partial charge on any atom is -0.399 e. The molecule has 0 fully saturated rings. The van der Waals surface area contributed by atoms with Gasteiger partial charge in [-0.2, -0.15) is 23.0 Å². The third-order valence-corrected chi connectivity index (χ3v) is 4.27. The maximum Gasteiger partial charge on any atom is 0.416 e. The van der Waals surface area contributed by atoms with E-state index >= 15 is 0 Å². The summed E-state index contributed by atoms with van der Waals surface area (Å²) >= 11 is 0. The number of carbonyl (C=O) groups excluding carboxylic acids is 1. The lowest BCUT2D eigenvalue weighted by Gasteiger charge is -2.17. The first-order chi connectivity index (χ1) is 14.1. The van der Waals surface area contributed by atoms with Crippen molar-refractivity contribution in [2.75, 3.05) is 5.73 Å². The third-order valence-electron chi connectivity index (χ3n) is 4.27. The van der Waals surface area contributed by atoms with Gasteiger partial charge in [-0.05, 0) is 48.9 Å². The highest BCUT2D eigenvalue weighted by molar-refractivity contribution is 5.92. The molecule has 30 heavy (non-hydrogen) atoms. The van der Waals surface area contributed by atoms with Crippen molar-refractivity contribution in [2.45, 2.75) is 19.1 Å². The van der Waals surface area contributed by atoms with E-state index in [0.29, 0.717) is 0 Å². The molecule has 0 saturated heterocycles. The Hall–Kier alpha value is -3.69. The predicted molar refractivity (Wildman–Crippen MR) is 102 cm³/mol. The van der Waals surface area contributed by atoms with Crippen LogP contribution in [0.25, 0.3) is 5.69 Å². The predicted octanol–water partition coefficient (Wildman–Crippen LogP) is 3.46. The molecule has 1 amide bonds. The molecule has 10 heteroatoms. The van der Waals surface area contributed by atoms with Gasteiger partial charge in [0, 0.05) is 11.8 Å². The van der Waals surface area contributed by atoms with Gasteiger partial charge in [-0.25, -0.2) is 4.39 Å². The van der Waals surface area contributed by atoms with Gasteiger partial charge in [0.2, 0.25) is 0 Å². The molecule has 3 N–H and O–H groups in total. The molecule has 0 radical (unpaired) electrons. The highest BCUT2D eigenvalue weighted by atomic mass is 19.4. The maximum absolute atomic E-state index is 14.0. The number of nitrogens with zero attached hydrogens (tertiary/aromatic N) is 2. The fourth-order valence-corrected chi connectivity index (χ4v) is 2.77. The molecule has 6 nitrogen and oxygen atoms in total. The summed E-state index contributed by atoms with van der Waals surface area (Å²) in [6.45, 7) is 1.47. The Balaban J connectivity index is 1.88. The largest absolute Gasteiger partial charge is 0.416 e. The summed E-state index contributed by atoms with van der Waals surface area (Å²) < 4.78 is 53.7. The lowest BCUT2D eigenvalue weighted by Crippen LogP contribution is -2.31. The van der Waals surface area contributed by atoms with Crippen LogP contribution in [0.15, 0.2) is 59.4 Å². The van der Waals surface area contributed by atoms with E-state index in [9.17, 15) is 27.2 Å². The average Bonchev–Trinajstić information content (AvgIpc) is 2.67. The van der Waals surface area contributed by atoms with Crippen LogP contribution in [0.1, 0.15) is 34.6 Å². The molecule has 0 bridgehead atoms. The van der Waals surface area contributed by atoms with Gasteiger partial charge in [0.05, 0.1) is 11.6 Å². The number of anilines is 1. The molecular weight excluding hydrogens is 404 g/mol. The minimum absolute atomic E-state index is 0.104. The Morgan fingerprint density at radius 1 is 1.13 bits per heavy atom. The molecule has 0 spiro atoms. The normalized spacial score (nSPS) is 12.4. The second-order valence-electron chi connectivity index (χ2n) is 6.50. The lowest BCUT2D eigenvalue weighted by molar-refractivity contribution is -0.137. The highest BCUT2D eigenvalue weighted by Crippen LogP contribution is 2.32. The molecule has 3 rings (SSSR count). The molecule has 2 aromatic carbocycles. The zero-order valence-electron chi connectivity index (χ0n) is 15.6. The number of rotatable bonds is 4. The number of hydrogen-bond donors (Lipinski definition) is 2. The van der Waals surface area contributed by atoms with Crippen LogP contribution in [-0.2, 0) is 6.18 Å². The quantitative estimate of drug-likeness (QED) is 0.500. The first-order valence-electron chi connectivity index (χ1n) is 8.70. The van der Waals surface area contributed by atoms with Crippen molar-refractivity contribution in [3.05, 3.63) is 87.6 Å². The Labute approximate surface area is 167 Å². The van der Waals surface area contributed by atoms with E-state index in [1.54, 1.807) is 0 Å². The number of para-hydroxylation sites is 1. The van der Waals surface area contributed by atoms with E-state index in [0.717, 1.165) is 35.0 Å².